The molecule has 0 radical (unpaired) electrons. The Morgan fingerprint density at radius 3 is 2.33 bits per heavy atom. The third-order valence-electron chi connectivity index (χ3n) is 2.47. The van der Waals surface area contributed by atoms with Crippen molar-refractivity contribution in [2.45, 2.75) is 45.7 Å². The third-order valence-corrected chi connectivity index (χ3v) is 2.47. The van der Waals surface area contributed by atoms with E-state index in [0.29, 0.717) is 18.9 Å². The average molecular weight is 258 g/mol. The second-order valence-electron chi connectivity index (χ2n) is 5.00. The van der Waals surface area contributed by atoms with Crippen LogP contribution in [-0.2, 0) is 9.59 Å². The van der Waals surface area contributed by atoms with Crippen LogP contribution < -0.4 is 22.1 Å². The molecule has 2 atom stereocenters. The molecule has 0 aliphatic heterocycles. The average Bonchev–Trinajstić information content (AvgIpc) is 2.24. The highest BCUT2D eigenvalue weighted by Gasteiger charge is 2.14. The minimum absolute atomic E-state index is 0.0421. The monoisotopic (exact) mass is 258 g/mol. The van der Waals surface area contributed by atoms with Gasteiger partial charge in [-0.15, -0.1) is 0 Å². The van der Waals surface area contributed by atoms with Gasteiger partial charge in [0.1, 0.15) is 0 Å². The molecule has 0 aliphatic rings. The summed E-state index contributed by atoms with van der Waals surface area (Å²) in [6, 6.07) is -0.539. The molecule has 106 valence electrons. The molecule has 6 N–H and O–H groups in total. The summed E-state index contributed by atoms with van der Waals surface area (Å²) in [6.45, 7) is 6.44. The fourth-order valence-corrected chi connectivity index (χ4v) is 1.70. The predicted molar refractivity (Wildman–Crippen MR) is 71.7 cm³/mol. The lowest BCUT2D eigenvalue weighted by molar-refractivity contribution is -0.127. The van der Waals surface area contributed by atoms with E-state index in [4.69, 9.17) is 11.5 Å². The maximum atomic E-state index is 11.5. The first-order chi connectivity index (χ1) is 8.36. The quantitative estimate of drug-likeness (QED) is 0.463. The molecule has 0 saturated heterocycles. The zero-order valence-corrected chi connectivity index (χ0v) is 11.5. The van der Waals surface area contributed by atoms with Crippen molar-refractivity contribution < 1.29 is 9.59 Å². The molecule has 0 aromatic heterocycles. The van der Waals surface area contributed by atoms with Crippen molar-refractivity contribution in [3.05, 3.63) is 0 Å². The summed E-state index contributed by atoms with van der Waals surface area (Å²) < 4.78 is 0. The number of nitrogens with two attached hydrogens (primary N) is 2. The van der Waals surface area contributed by atoms with E-state index in [1.807, 2.05) is 6.92 Å². The standard InChI is InChI=1S/C12H26N4O2/c1-8(2)6-9(3)16-11(17)7-15-12(18)10(14)4-5-13/h8-10H,4-7,13-14H2,1-3H3,(H,15,18)(H,16,17)/t9-,10+/m1/s1. The lowest BCUT2D eigenvalue weighted by atomic mass is 10.1. The van der Waals surface area contributed by atoms with E-state index < -0.39 is 6.04 Å². The Morgan fingerprint density at radius 1 is 1.22 bits per heavy atom. The highest BCUT2D eigenvalue weighted by Crippen LogP contribution is 2.03. The molecule has 0 aromatic carbocycles. The molecule has 0 bridgehead atoms. The Kier molecular flexibility index (Phi) is 8.32. The maximum Gasteiger partial charge on any atom is 0.239 e. The van der Waals surface area contributed by atoms with Crippen LogP contribution in [0.25, 0.3) is 0 Å². The molecule has 18 heavy (non-hydrogen) atoms. The molecule has 0 saturated carbocycles. The minimum atomic E-state index is -0.643. The summed E-state index contributed by atoms with van der Waals surface area (Å²) in [5, 5.41) is 5.31. The molecule has 0 spiro atoms. The first kappa shape index (κ1) is 16.9. The van der Waals surface area contributed by atoms with Gasteiger partial charge in [-0.3, -0.25) is 9.59 Å². The number of carbonyl (C=O) groups excluding carboxylic acids is 2. The van der Waals surface area contributed by atoms with Gasteiger partial charge in [-0.25, -0.2) is 0 Å². The molecule has 0 heterocycles. The maximum absolute atomic E-state index is 11.5. The number of hydrogen-bond donors (Lipinski definition) is 4. The zero-order valence-electron chi connectivity index (χ0n) is 11.5. The van der Waals surface area contributed by atoms with Gasteiger partial charge in [-0.05, 0) is 32.2 Å². The van der Waals surface area contributed by atoms with Gasteiger partial charge >= 0.3 is 0 Å². The largest absolute Gasteiger partial charge is 0.352 e. The van der Waals surface area contributed by atoms with Crippen LogP contribution in [0.4, 0.5) is 0 Å². The number of amides is 2. The van der Waals surface area contributed by atoms with Gasteiger partial charge in [0.15, 0.2) is 0 Å². The normalized spacial score (nSPS) is 14.1. The number of rotatable bonds is 8. The van der Waals surface area contributed by atoms with E-state index in [-0.39, 0.29) is 24.4 Å². The van der Waals surface area contributed by atoms with E-state index in [9.17, 15) is 9.59 Å². The molecular weight excluding hydrogens is 232 g/mol. The van der Waals surface area contributed by atoms with E-state index >= 15 is 0 Å². The molecular formula is C12H26N4O2. The number of hydrogen-bond acceptors (Lipinski definition) is 4. The van der Waals surface area contributed by atoms with Crippen LogP contribution in [0, 0.1) is 5.92 Å². The molecule has 6 nitrogen and oxygen atoms in total. The fraction of sp³-hybridized carbons (Fsp3) is 0.833. The van der Waals surface area contributed by atoms with Crippen molar-refractivity contribution in [1.82, 2.24) is 10.6 Å². The molecule has 0 aromatic rings. The first-order valence-corrected chi connectivity index (χ1v) is 6.39. The van der Waals surface area contributed by atoms with Gasteiger partial charge in [0.25, 0.3) is 0 Å². The molecule has 0 fully saturated rings. The zero-order chi connectivity index (χ0) is 14.1. The van der Waals surface area contributed by atoms with Gasteiger partial charge in [0, 0.05) is 6.04 Å². The van der Waals surface area contributed by atoms with Crippen molar-refractivity contribution in [2.24, 2.45) is 17.4 Å². The summed E-state index contributed by atoms with van der Waals surface area (Å²) in [5.41, 5.74) is 10.9. The van der Waals surface area contributed by atoms with Gasteiger partial charge in [-0.1, -0.05) is 13.8 Å². The lowest BCUT2D eigenvalue weighted by Gasteiger charge is -2.16. The van der Waals surface area contributed by atoms with Gasteiger partial charge in [-0.2, -0.15) is 0 Å². The Hall–Kier alpha value is -1.14. The van der Waals surface area contributed by atoms with Gasteiger partial charge in [0.2, 0.25) is 11.8 Å². The minimum Gasteiger partial charge on any atom is -0.352 e. The van der Waals surface area contributed by atoms with Crippen LogP contribution in [0.5, 0.6) is 0 Å². The van der Waals surface area contributed by atoms with Crippen LogP contribution in [0.2, 0.25) is 0 Å². The summed E-state index contributed by atoms with van der Waals surface area (Å²) in [7, 11) is 0. The second kappa shape index (κ2) is 8.88. The van der Waals surface area contributed by atoms with Gasteiger partial charge in [0.05, 0.1) is 12.6 Å². The Bertz CT molecular complexity index is 269. The van der Waals surface area contributed by atoms with Crippen molar-refractivity contribution in [1.29, 1.82) is 0 Å². The van der Waals surface area contributed by atoms with Crippen LogP contribution >= 0.6 is 0 Å². The molecule has 2 amide bonds. The molecule has 6 heteroatoms. The van der Waals surface area contributed by atoms with Gasteiger partial charge < -0.3 is 22.1 Å². The molecule has 0 rings (SSSR count). The second-order valence-corrected chi connectivity index (χ2v) is 5.00. The van der Waals surface area contributed by atoms with E-state index in [1.54, 1.807) is 0 Å². The third kappa shape index (κ3) is 8.03. The van der Waals surface area contributed by atoms with E-state index in [0.717, 1.165) is 6.42 Å². The topological polar surface area (TPSA) is 110 Å². The lowest BCUT2D eigenvalue weighted by Crippen LogP contribution is -2.47. The Labute approximate surface area is 109 Å². The number of nitrogens with one attached hydrogen (secondary N) is 2. The fourth-order valence-electron chi connectivity index (χ4n) is 1.70. The summed E-state index contributed by atoms with van der Waals surface area (Å²) >= 11 is 0. The first-order valence-electron chi connectivity index (χ1n) is 6.39. The summed E-state index contributed by atoms with van der Waals surface area (Å²) in [5.74, 6) is -0.0172. The van der Waals surface area contributed by atoms with Crippen molar-refractivity contribution in [2.75, 3.05) is 13.1 Å². The van der Waals surface area contributed by atoms with E-state index in [1.165, 1.54) is 0 Å². The molecule has 0 aliphatic carbocycles. The van der Waals surface area contributed by atoms with Crippen LogP contribution in [0.15, 0.2) is 0 Å². The Morgan fingerprint density at radius 2 is 1.83 bits per heavy atom. The van der Waals surface area contributed by atoms with Crippen LogP contribution in [-0.4, -0.2) is 37.0 Å². The predicted octanol–water partition coefficient (Wildman–Crippen LogP) is -0.670. The van der Waals surface area contributed by atoms with Crippen molar-refractivity contribution in [3.8, 4) is 0 Å². The van der Waals surface area contributed by atoms with E-state index in [2.05, 4.69) is 24.5 Å². The highest BCUT2D eigenvalue weighted by molar-refractivity contribution is 5.87. The SMILES string of the molecule is CC(C)C[C@@H](C)NC(=O)CNC(=O)[C@@H](N)CCN. The highest BCUT2D eigenvalue weighted by atomic mass is 16.2. The molecule has 0 unspecified atom stereocenters. The van der Waals surface area contributed by atoms with Crippen molar-refractivity contribution in [3.63, 3.8) is 0 Å². The summed E-state index contributed by atoms with van der Waals surface area (Å²) in [4.78, 5) is 23.0. The number of carbonyl (C=O) groups is 2. The van der Waals surface area contributed by atoms with Crippen molar-refractivity contribution >= 4 is 11.8 Å². The van der Waals surface area contributed by atoms with Crippen LogP contribution in [0.1, 0.15) is 33.6 Å². The summed E-state index contributed by atoms with van der Waals surface area (Å²) in [6.07, 6.45) is 1.32. The smallest absolute Gasteiger partial charge is 0.239 e. The Balaban J connectivity index is 3.86. The van der Waals surface area contributed by atoms with Crippen LogP contribution in [0.3, 0.4) is 0 Å².